The van der Waals surface area contributed by atoms with Gasteiger partial charge in [0.1, 0.15) is 0 Å². The number of aliphatic hydroxyl groups is 1. The molecule has 2 rings (SSSR count). The fourth-order valence-corrected chi connectivity index (χ4v) is 3.48. The standard InChI is InChI=1S/C22H31NO3.ClH/c1-21(2,16-11-17-23(3)4)26-20(24)22(25,18-12-7-5-8-13-18)19-14-9-6-10-15-19;/h5,7-8,12-13,19,25H,6,9-10,14-15,17H2,1-4H3;1H. The van der Waals surface area contributed by atoms with E-state index in [2.05, 4.69) is 11.8 Å². The number of hydrogen-bond donors (Lipinski definition) is 1. The van der Waals surface area contributed by atoms with Gasteiger partial charge >= 0.3 is 5.97 Å². The van der Waals surface area contributed by atoms with E-state index in [1.807, 2.05) is 37.2 Å². The molecule has 0 spiro atoms. The quantitative estimate of drug-likeness (QED) is 0.611. The number of carbonyl (C=O) groups excluding carboxylic acids is 1. The highest BCUT2D eigenvalue weighted by molar-refractivity contribution is 5.85. The van der Waals surface area contributed by atoms with Crippen molar-refractivity contribution >= 4 is 18.4 Å². The normalized spacial score (nSPS) is 17.3. The summed E-state index contributed by atoms with van der Waals surface area (Å²) in [4.78, 5) is 15.1. The van der Waals surface area contributed by atoms with Crippen LogP contribution in [0.4, 0.5) is 0 Å². The van der Waals surface area contributed by atoms with Crippen LogP contribution in [0.15, 0.2) is 30.3 Å². The van der Waals surface area contributed by atoms with Crippen molar-refractivity contribution in [2.24, 2.45) is 5.92 Å². The van der Waals surface area contributed by atoms with Crippen LogP contribution >= 0.6 is 12.4 Å². The summed E-state index contributed by atoms with van der Waals surface area (Å²) >= 11 is 0. The Bertz CT molecular complexity index is 657. The zero-order chi connectivity index (χ0) is 19.2. The van der Waals surface area contributed by atoms with Gasteiger partial charge in [-0.2, -0.15) is 0 Å². The first kappa shape index (κ1) is 23.5. The number of nitrogens with zero attached hydrogens (tertiary/aromatic N) is 1. The Morgan fingerprint density at radius 3 is 2.33 bits per heavy atom. The molecule has 1 unspecified atom stereocenters. The van der Waals surface area contributed by atoms with Crippen LogP contribution in [0.1, 0.15) is 51.5 Å². The summed E-state index contributed by atoms with van der Waals surface area (Å²) in [5, 5.41) is 11.5. The van der Waals surface area contributed by atoms with E-state index in [0.29, 0.717) is 12.1 Å². The van der Waals surface area contributed by atoms with Crippen LogP contribution in [0.2, 0.25) is 0 Å². The minimum atomic E-state index is -1.62. The van der Waals surface area contributed by atoms with E-state index in [1.165, 1.54) is 0 Å². The van der Waals surface area contributed by atoms with Gasteiger partial charge in [0.05, 0.1) is 6.54 Å². The largest absolute Gasteiger partial charge is 0.444 e. The first-order chi connectivity index (χ1) is 12.3. The molecule has 1 atom stereocenters. The van der Waals surface area contributed by atoms with Crippen molar-refractivity contribution in [1.29, 1.82) is 0 Å². The average molecular weight is 394 g/mol. The van der Waals surface area contributed by atoms with E-state index >= 15 is 0 Å². The number of ether oxygens (including phenoxy) is 1. The number of hydrogen-bond acceptors (Lipinski definition) is 4. The summed E-state index contributed by atoms with van der Waals surface area (Å²) in [7, 11) is 3.87. The SMILES string of the molecule is CN(C)CC#CC(C)(C)OC(=O)C(O)(c1ccccc1)C1CCCCC1.Cl. The molecule has 1 aromatic rings. The molecule has 0 amide bonds. The molecule has 0 radical (unpaired) electrons. The predicted molar refractivity (Wildman–Crippen MR) is 111 cm³/mol. The van der Waals surface area contributed by atoms with Crippen molar-refractivity contribution < 1.29 is 14.6 Å². The van der Waals surface area contributed by atoms with Gasteiger partial charge in [0.25, 0.3) is 0 Å². The summed E-state index contributed by atoms with van der Waals surface area (Å²) in [6.45, 7) is 4.12. The molecule has 0 heterocycles. The summed E-state index contributed by atoms with van der Waals surface area (Å²) in [6.07, 6.45) is 4.86. The second-order valence-corrected chi connectivity index (χ2v) is 7.91. The van der Waals surface area contributed by atoms with Crippen LogP contribution in [0.5, 0.6) is 0 Å². The maximum absolute atomic E-state index is 13.1. The molecule has 1 saturated carbocycles. The summed E-state index contributed by atoms with van der Waals surface area (Å²) < 4.78 is 5.71. The van der Waals surface area contributed by atoms with Gasteiger partial charge in [-0.3, -0.25) is 4.90 Å². The molecular weight excluding hydrogens is 362 g/mol. The van der Waals surface area contributed by atoms with Crippen LogP contribution in [0.25, 0.3) is 0 Å². The van der Waals surface area contributed by atoms with E-state index < -0.39 is 17.2 Å². The Labute approximate surface area is 169 Å². The number of carbonyl (C=O) groups is 1. The first-order valence-electron chi connectivity index (χ1n) is 9.42. The smallest absolute Gasteiger partial charge is 0.344 e. The molecule has 1 fully saturated rings. The van der Waals surface area contributed by atoms with Crippen molar-refractivity contribution in [3.63, 3.8) is 0 Å². The van der Waals surface area contributed by atoms with E-state index in [4.69, 9.17) is 4.74 Å². The number of esters is 1. The van der Waals surface area contributed by atoms with E-state index in [9.17, 15) is 9.90 Å². The highest BCUT2D eigenvalue weighted by Gasteiger charge is 2.48. The zero-order valence-electron chi connectivity index (χ0n) is 16.8. The Hall–Kier alpha value is -1.54. The topological polar surface area (TPSA) is 49.8 Å². The second kappa shape index (κ2) is 10.1. The fourth-order valence-electron chi connectivity index (χ4n) is 3.48. The van der Waals surface area contributed by atoms with Gasteiger partial charge in [-0.05, 0) is 46.3 Å². The third kappa shape index (κ3) is 6.24. The van der Waals surface area contributed by atoms with Gasteiger partial charge < -0.3 is 9.84 Å². The molecule has 1 N–H and O–H groups in total. The second-order valence-electron chi connectivity index (χ2n) is 7.91. The van der Waals surface area contributed by atoms with Crippen LogP contribution in [0.3, 0.4) is 0 Å². The van der Waals surface area contributed by atoms with Gasteiger partial charge in [0.15, 0.2) is 11.2 Å². The molecule has 0 aliphatic heterocycles. The minimum absolute atomic E-state index is 0. The van der Waals surface area contributed by atoms with E-state index in [0.717, 1.165) is 32.1 Å². The lowest BCUT2D eigenvalue weighted by Crippen LogP contribution is -2.47. The Kier molecular flexibility index (Phi) is 8.81. The predicted octanol–water partition coefficient (Wildman–Crippen LogP) is 3.76. The summed E-state index contributed by atoms with van der Waals surface area (Å²) in [6, 6.07) is 9.19. The monoisotopic (exact) mass is 393 g/mol. The molecule has 1 aromatic carbocycles. The highest BCUT2D eigenvalue weighted by atomic mass is 35.5. The maximum atomic E-state index is 13.1. The Balaban J connectivity index is 0.00000364. The van der Waals surface area contributed by atoms with Crippen molar-refractivity contribution in [1.82, 2.24) is 4.90 Å². The highest BCUT2D eigenvalue weighted by Crippen LogP contribution is 2.41. The average Bonchev–Trinajstić information content (AvgIpc) is 2.61. The lowest BCUT2D eigenvalue weighted by Gasteiger charge is -2.38. The van der Waals surface area contributed by atoms with E-state index in [-0.39, 0.29) is 18.3 Å². The van der Waals surface area contributed by atoms with Crippen LogP contribution in [-0.2, 0) is 15.1 Å². The van der Waals surface area contributed by atoms with Gasteiger partial charge in [0, 0.05) is 5.92 Å². The molecule has 4 nitrogen and oxygen atoms in total. The van der Waals surface area contributed by atoms with Crippen LogP contribution in [-0.4, -0.2) is 42.2 Å². The molecule has 1 aliphatic rings. The molecular formula is C22H32ClNO3. The van der Waals surface area contributed by atoms with E-state index in [1.54, 1.807) is 26.0 Å². The molecule has 150 valence electrons. The fraction of sp³-hybridized carbons (Fsp3) is 0.591. The van der Waals surface area contributed by atoms with Crippen molar-refractivity contribution in [3.8, 4) is 11.8 Å². The lowest BCUT2D eigenvalue weighted by molar-refractivity contribution is -0.184. The number of rotatable bonds is 5. The third-order valence-corrected chi connectivity index (χ3v) is 4.85. The molecule has 27 heavy (non-hydrogen) atoms. The molecule has 0 saturated heterocycles. The van der Waals surface area contributed by atoms with Gasteiger partial charge in [-0.1, -0.05) is 61.4 Å². The maximum Gasteiger partial charge on any atom is 0.344 e. The zero-order valence-corrected chi connectivity index (χ0v) is 17.6. The third-order valence-electron chi connectivity index (χ3n) is 4.85. The van der Waals surface area contributed by atoms with Crippen LogP contribution in [0, 0.1) is 17.8 Å². The Morgan fingerprint density at radius 1 is 1.19 bits per heavy atom. The minimum Gasteiger partial charge on any atom is -0.444 e. The van der Waals surface area contributed by atoms with Crippen LogP contribution < -0.4 is 0 Å². The Morgan fingerprint density at radius 2 is 1.78 bits per heavy atom. The van der Waals surface area contributed by atoms with Crippen molar-refractivity contribution in [3.05, 3.63) is 35.9 Å². The van der Waals surface area contributed by atoms with Gasteiger partial charge in [-0.15, -0.1) is 12.4 Å². The first-order valence-corrected chi connectivity index (χ1v) is 9.42. The van der Waals surface area contributed by atoms with Crippen molar-refractivity contribution in [2.75, 3.05) is 20.6 Å². The summed E-state index contributed by atoms with van der Waals surface area (Å²) in [5.74, 6) is 5.29. The number of benzene rings is 1. The molecule has 0 bridgehead atoms. The van der Waals surface area contributed by atoms with Crippen molar-refractivity contribution in [2.45, 2.75) is 57.2 Å². The van der Waals surface area contributed by atoms with Gasteiger partial charge in [-0.25, -0.2) is 4.79 Å². The van der Waals surface area contributed by atoms with Gasteiger partial charge in [0.2, 0.25) is 0 Å². The molecule has 0 aromatic heterocycles. The lowest BCUT2D eigenvalue weighted by atomic mass is 9.73. The molecule has 5 heteroatoms. The summed E-state index contributed by atoms with van der Waals surface area (Å²) in [5.41, 5.74) is -1.97. The number of halogens is 1. The molecule has 1 aliphatic carbocycles.